The van der Waals surface area contributed by atoms with Crippen molar-refractivity contribution >= 4 is 34.0 Å². The molecule has 0 saturated carbocycles. The van der Waals surface area contributed by atoms with Crippen molar-refractivity contribution in [2.45, 2.75) is 59.1 Å². The Morgan fingerprint density at radius 1 is 1.39 bits per heavy atom. The molecule has 1 N–H and O–H groups in total. The van der Waals surface area contributed by atoms with Crippen molar-refractivity contribution in [3.05, 3.63) is 37.9 Å². The van der Waals surface area contributed by atoms with E-state index >= 15 is 0 Å². The zero-order chi connectivity index (χ0) is 20.4. The lowest BCUT2D eigenvalue weighted by Crippen LogP contribution is -2.22. The number of nitrogens with one attached hydrogen (secondary N) is 1. The van der Waals surface area contributed by atoms with Crippen LogP contribution >= 0.6 is 11.3 Å². The Hall–Kier alpha value is -2.75. The van der Waals surface area contributed by atoms with Gasteiger partial charge in [-0.2, -0.15) is 4.68 Å². The average Bonchev–Trinajstić information content (AvgIpc) is 3.14. The first kappa shape index (κ1) is 20.0. The van der Waals surface area contributed by atoms with Crippen LogP contribution in [0.25, 0.3) is 0 Å². The highest BCUT2D eigenvalue weighted by Crippen LogP contribution is 2.38. The van der Waals surface area contributed by atoms with Crippen LogP contribution < -0.4 is 5.32 Å². The molecule has 2 heterocycles. The van der Waals surface area contributed by atoms with Gasteiger partial charge in [-0.3, -0.25) is 4.79 Å². The van der Waals surface area contributed by atoms with Crippen LogP contribution in [0.1, 0.15) is 53.2 Å². The zero-order valence-corrected chi connectivity index (χ0v) is 16.8. The lowest BCUT2D eigenvalue weighted by molar-refractivity contribution is -0.389. The zero-order valence-electron chi connectivity index (χ0n) is 16.0. The predicted octanol–water partition coefficient (Wildman–Crippen LogP) is 3.24. The standard InChI is InChI=1S/C18H22N4O5S/c1-10(2)27-18(24)16-12-6-4-5-7-13(12)28-17(16)19-15(23)9-21-11(3)8-14(20-21)22(25)26/h8,10H,4-7,9H2,1-3H3,(H,19,23). The molecule has 0 atom stereocenters. The quantitative estimate of drug-likeness (QED) is 0.447. The van der Waals surface area contributed by atoms with E-state index in [0.717, 1.165) is 36.1 Å². The third-order valence-corrected chi connectivity index (χ3v) is 5.63. The van der Waals surface area contributed by atoms with Crippen molar-refractivity contribution in [3.63, 3.8) is 0 Å². The van der Waals surface area contributed by atoms with Crippen LogP contribution in [0.3, 0.4) is 0 Å². The minimum atomic E-state index is -0.602. The van der Waals surface area contributed by atoms with Crippen LogP contribution in [-0.4, -0.2) is 32.7 Å². The van der Waals surface area contributed by atoms with Gasteiger partial charge < -0.3 is 20.2 Å². The molecule has 0 radical (unpaired) electrons. The highest BCUT2D eigenvalue weighted by molar-refractivity contribution is 7.17. The third-order valence-electron chi connectivity index (χ3n) is 4.42. The largest absolute Gasteiger partial charge is 0.459 e. The fourth-order valence-electron chi connectivity index (χ4n) is 3.19. The first-order valence-corrected chi connectivity index (χ1v) is 9.92. The van der Waals surface area contributed by atoms with E-state index in [4.69, 9.17) is 4.74 Å². The second-order valence-electron chi connectivity index (χ2n) is 6.98. The summed E-state index contributed by atoms with van der Waals surface area (Å²) >= 11 is 1.40. The van der Waals surface area contributed by atoms with E-state index in [1.165, 1.54) is 22.1 Å². The molecule has 28 heavy (non-hydrogen) atoms. The van der Waals surface area contributed by atoms with Crippen molar-refractivity contribution in [2.24, 2.45) is 0 Å². The number of rotatable bonds is 6. The lowest BCUT2D eigenvalue weighted by Gasteiger charge is -2.14. The topological polar surface area (TPSA) is 116 Å². The number of esters is 1. The first-order chi connectivity index (χ1) is 13.3. The molecule has 1 amide bonds. The maximum atomic E-state index is 12.6. The molecule has 0 saturated heterocycles. The number of aryl methyl sites for hydroxylation is 2. The number of thiophene rings is 1. The molecule has 0 spiro atoms. The van der Waals surface area contributed by atoms with Crippen LogP contribution in [0.2, 0.25) is 0 Å². The Kier molecular flexibility index (Phi) is 5.78. The molecule has 9 nitrogen and oxygen atoms in total. The lowest BCUT2D eigenvalue weighted by atomic mass is 9.95. The van der Waals surface area contributed by atoms with E-state index in [9.17, 15) is 19.7 Å². The van der Waals surface area contributed by atoms with E-state index in [1.807, 2.05) is 0 Å². The van der Waals surface area contributed by atoms with Crippen molar-refractivity contribution in [1.82, 2.24) is 9.78 Å². The van der Waals surface area contributed by atoms with Crippen LogP contribution in [0.4, 0.5) is 10.8 Å². The number of nitro groups is 1. The summed E-state index contributed by atoms with van der Waals surface area (Å²) < 4.78 is 6.64. The summed E-state index contributed by atoms with van der Waals surface area (Å²) in [5, 5.41) is 17.9. The molecule has 2 aromatic heterocycles. The molecule has 0 unspecified atom stereocenters. The first-order valence-electron chi connectivity index (χ1n) is 9.10. The number of carbonyl (C=O) groups is 2. The maximum absolute atomic E-state index is 12.6. The van der Waals surface area contributed by atoms with E-state index in [1.54, 1.807) is 20.8 Å². The van der Waals surface area contributed by atoms with Crippen molar-refractivity contribution in [1.29, 1.82) is 0 Å². The number of fused-ring (bicyclic) bond motifs is 1. The molecule has 150 valence electrons. The number of hydrogen-bond donors (Lipinski definition) is 1. The van der Waals surface area contributed by atoms with Crippen LogP contribution in [0.15, 0.2) is 6.07 Å². The molecule has 0 fully saturated rings. The number of carbonyl (C=O) groups excluding carboxylic acids is 2. The summed E-state index contributed by atoms with van der Waals surface area (Å²) in [5.41, 5.74) is 1.90. The average molecular weight is 406 g/mol. The van der Waals surface area contributed by atoms with Gasteiger partial charge in [0.15, 0.2) is 0 Å². The van der Waals surface area contributed by atoms with Crippen LogP contribution in [0.5, 0.6) is 0 Å². The Morgan fingerprint density at radius 3 is 2.75 bits per heavy atom. The molecule has 3 rings (SSSR count). The van der Waals surface area contributed by atoms with Gasteiger partial charge in [0.1, 0.15) is 11.5 Å². The van der Waals surface area contributed by atoms with Gasteiger partial charge in [0.05, 0.1) is 28.5 Å². The molecular weight excluding hydrogens is 384 g/mol. The van der Waals surface area contributed by atoms with E-state index in [-0.39, 0.29) is 18.5 Å². The Morgan fingerprint density at radius 2 is 2.11 bits per heavy atom. The number of amides is 1. The summed E-state index contributed by atoms with van der Waals surface area (Å²) in [7, 11) is 0. The van der Waals surface area contributed by atoms with Gasteiger partial charge in [-0.1, -0.05) is 0 Å². The molecule has 0 aliphatic heterocycles. The minimum absolute atomic E-state index is 0.180. The number of ether oxygens (including phenoxy) is 1. The fraction of sp³-hybridized carbons (Fsp3) is 0.500. The second-order valence-corrected chi connectivity index (χ2v) is 8.08. The molecule has 1 aliphatic carbocycles. The molecular formula is C18H22N4O5S. The normalized spacial score (nSPS) is 13.3. The Labute approximate surface area is 165 Å². The number of anilines is 1. The third kappa shape index (κ3) is 4.22. The van der Waals surface area contributed by atoms with E-state index in [0.29, 0.717) is 16.3 Å². The molecule has 2 aromatic rings. The number of nitrogens with zero attached hydrogens (tertiary/aromatic N) is 3. The van der Waals surface area contributed by atoms with Gasteiger partial charge in [-0.25, -0.2) is 4.79 Å². The van der Waals surface area contributed by atoms with Gasteiger partial charge >= 0.3 is 11.8 Å². The Balaban J connectivity index is 1.83. The summed E-state index contributed by atoms with van der Waals surface area (Å²) in [6, 6.07) is 1.31. The monoisotopic (exact) mass is 406 g/mol. The van der Waals surface area contributed by atoms with Gasteiger partial charge in [-0.05, 0) is 56.9 Å². The van der Waals surface area contributed by atoms with Gasteiger partial charge in [0, 0.05) is 4.88 Å². The summed E-state index contributed by atoms with van der Waals surface area (Å²) in [4.78, 5) is 36.5. The van der Waals surface area contributed by atoms with Crippen molar-refractivity contribution < 1.29 is 19.2 Å². The van der Waals surface area contributed by atoms with Crippen molar-refractivity contribution in [3.8, 4) is 0 Å². The van der Waals surface area contributed by atoms with Gasteiger partial charge in [-0.15, -0.1) is 11.3 Å². The molecule has 0 aromatic carbocycles. The second kappa shape index (κ2) is 8.09. The smallest absolute Gasteiger partial charge is 0.390 e. The predicted molar refractivity (Wildman–Crippen MR) is 104 cm³/mol. The molecule has 1 aliphatic rings. The molecule has 10 heteroatoms. The van der Waals surface area contributed by atoms with Crippen LogP contribution in [0, 0.1) is 17.0 Å². The summed E-state index contributed by atoms with van der Waals surface area (Å²) in [5.74, 6) is -1.15. The summed E-state index contributed by atoms with van der Waals surface area (Å²) in [6.45, 7) is 5.02. The maximum Gasteiger partial charge on any atom is 0.390 e. The van der Waals surface area contributed by atoms with Gasteiger partial charge in [0.2, 0.25) is 5.91 Å². The highest BCUT2D eigenvalue weighted by Gasteiger charge is 2.28. The fourth-order valence-corrected chi connectivity index (χ4v) is 4.48. The van der Waals surface area contributed by atoms with Gasteiger partial charge in [0.25, 0.3) is 0 Å². The number of aromatic nitrogens is 2. The highest BCUT2D eigenvalue weighted by atomic mass is 32.1. The SMILES string of the molecule is Cc1cc([N+](=O)[O-])nn1CC(=O)Nc1sc2c(c1C(=O)OC(C)C)CCCC2. The summed E-state index contributed by atoms with van der Waals surface area (Å²) in [6.07, 6.45) is 3.45. The Bertz CT molecular complexity index is 931. The number of hydrogen-bond acceptors (Lipinski definition) is 7. The van der Waals surface area contributed by atoms with E-state index in [2.05, 4.69) is 10.4 Å². The van der Waals surface area contributed by atoms with E-state index < -0.39 is 16.8 Å². The van der Waals surface area contributed by atoms with Crippen LogP contribution in [-0.2, 0) is 28.9 Å². The minimum Gasteiger partial charge on any atom is -0.459 e. The van der Waals surface area contributed by atoms with Crippen molar-refractivity contribution in [2.75, 3.05) is 5.32 Å². The molecule has 0 bridgehead atoms.